The number of benzene rings is 4. The number of nitrogens with two attached hydrogens (primary N) is 1. The second-order valence-electron chi connectivity index (χ2n) is 13.5. The maximum Gasteiger partial charge on any atom is 0.277 e. The fraction of sp³-hybridized carbons (Fsp3) is 0.237. The van der Waals surface area contributed by atoms with Gasteiger partial charge in [-0.15, -0.1) is 0 Å². The van der Waals surface area contributed by atoms with E-state index in [1.165, 1.54) is 4.31 Å². The molecule has 0 saturated heterocycles. The van der Waals surface area contributed by atoms with Crippen molar-refractivity contribution in [2.24, 2.45) is 5.73 Å². The zero-order chi connectivity index (χ0) is 34.3. The van der Waals surface area contributed by atoms with Gasteiger partial charge >= 0.3 is 0 Å². The minimum atomic E-state index is -2.18. The van der Waals surface area contributed by atoms with Crippen LogP contribution in [-0.2, 0) is 24.4 Å². The summed E-state index contributed by atoms with van der Waals surface area (Å²) in [6.07, 6.45) is 1.80. The number of hydrogen-bond donors (Lipinski definition) is 3. The standard InChI is InChI=1S/C38H40N6O3S/c1-24(2)36-41-33-16-17-42(37(45)34(33)43(36)23-26-12-13-27-14-15-30(35(39)40)20-31(27)19-26)22-25-8-6-9-28(18-25)29-10-7-11-32(21-29)44(48(46)47)38(3,4)5/h6-21,24H,22-23H2,1-5H3,(H3,39,40)(H,46,47). The quantitative estimate of drug-likeness (QED) is 0.0854. The summed E-state index contributed by atoms with van der Waals surface area (Å²) in [5, 5.41) is 9.87. The molecule has 10 heteroatoms. The lowest BCUT2D eigenvalue weighted by Crippen LogP contribution is -2.42. The minimum absolute atomic E-state index is 0.0242. The van der Waals surface area contributed by atoms with Crippen LogP contribution >= 0.6 is 0 Å². The third-order valence-electron chi connectivity index (χ3n) is 8.43. The molecule has 48 heavy (non-hydrogen) atoms. The van der Waals surface area contributed by atoms with Crippen LogP contribution in [0.1, 0.15) is 63.1 Å². The molecule has 0 saturated carbocycles. The maximum atomic E-state index is 14.2. The second kappa shape index (κ2) is 12.9. The third kappa shape index (κ3) is 6.54. The highest BCUT2D eigenvalue weighted by molar-refractivity contribution is 7.80. The van der Waals surface area contributed by atoms with Crippen LogP contribution in [0.15, 0.2) is 102 Å². The Kier molecular flexibility index (Phi) is 8.80. The van der Waals surface area contributed by atoms with Gasteiger partial charge < -0.3 is 14.9 Å². The number of nitrogen functional groups attached to an aromatic ring is 1. The third-order valence-corrected chi connectivity index (χ3v) is 9.50. The van der Waals surface area contributed by atoms with Crippen LogP contribution in [0.5, 0.6) is 0 Å². The number of nitrogens with one attached hydrogen (secondary N) is 1. The predicted octanol–water partition coefficient (Wildman–Crippen LogP) is 7.26. The van der Waals surface area contributed by atoms with E-state index < -0.39 is 16.8 Å². The van der Waals surface area contributed by atoms with E-state index in [9.17, 15) is 13.6 Å². The van der Waals surface area contributed by atoms with E-state index in [0.29, 0.717) is 35.4 Å². The van der Waals surface area contributed by atoms with Gasteiger partial charge in [0.15, 0.2) is 0 Å². The van der Waals surface area contributed by atoms with E-state index in [1.807, 2.05) is 104 Å². The lowest BCUT2D eigenvalue weighted by molar-refractivity contribution is 0.515. The van der Waals surface area contributed by atoms with Gasteiger partial charge in [0.25, 0.3) is 16.8 Å². The van der Waals surface area contributed by atoms with Crippen LogP contribution in [0, 0.1) is 5.41 Å². The fourth-order valence-electron chi connectivity index (χ4n) is 6.23. The number of rotatable bonds is 9. The van der Waals surface area contributed by atoms with Gasteiger partial charge in [-0.05, 0) is 90.2 Å². The molecule has 2 aromatic heterocycles. The first kappa shape index (κ1) is 32.9. The van der Waals surface area contributed by atoms with E-state index in [4.69, 9.17) is 16.1 Å². The lowest BCUT2D eigenvalue weighted by atomic mass is 10.0. The summed E-state index contributed by atoms with van der Waals surface area (Å²) in [5.74, 6) is 0.962. The van der Waals surface area contributed by atoms with Crippen molar-refractivity contribution in [3.8, 4) is 11.1 Å². The Balaban J connectivity index is 1.35. The Morgan fingerprint density at radius 3 is 2.29 bits per heavy atom. The summed E-state index contributed by atoms with van der Waals surface area (Å²) in [6.45, 7) is 10.7. The molecule has 0 fully saturated rings. The molecule has 0 aliphatic heterocycles. The lowest BCUT2D eigenvalue weighted by Gasteiger charge is -2.33. The van der Waals surface area contributed by atoms with Crippen LogP contribution in [0.25, 0.3) is 32.9 Å². The summed E-state index contributed by atoms with van der Waals surface area (Å²) in [5.41, 5.74) is 11.4. The van der Waals surface area contributed by atoms with Crippen LogP contribution in [0.2, 0.25) is 0 Å². The molecule has 4 aromatic carbocycles. The molecule has 1 atom stereocenters. The molecule has 6 rings (SSSR count). The number of nitrogens with zero attached hydrogens (tertiary/aromatic N) is 4. The highest BCUT2D eigenvalue weighted by atomic mass is 32.2. The first-order valence-corrected chi connectivity index (χ1v) is 16.9. The largest absolute Gasteiger partial charge is 0.384 e. The Bertz CT molecular complexity index is 2260. The number of amidine groups is 1. The molecule has 0 aliphatic rings. The van der Waals surface area contributed by atoms with E-state index in [-0.39, 0.29) is 17.3 Å². The highest BCUT2D eigenvalue weighted by Crippen LogP contribution is 2.31. The van der Waals surface area contributed by atoms with Gasteiger partial charge in [-0.1, -0.05) is 68.4 Å². The fourth-order valence-corrected chi connectivity index (χ4v) is 7.00. The first-order chi connectivity index (χ1) is 22.8. The zero-order valence-electron chi connectivity index (χ0n) is 27.8. The molecule has 9 nitrogen and oxygen atoms in total. The molecule has 4 N–H and O–H groups in total. The Labute approximate surface area is 282 Å². The molecule has 0 radical (unpaired) electrons. The molecule has 0 spiro atoms. The second-order valence-corrected chi connectivity index (χ2v) is 14.3. The van der Waals surface area contributed by atoms with Gasteiger partial charge in [-0.2, -0.15) is 0 Å². The van der Waals surface area contributed by atoms with Crippen molar-refractivity contribution in [1.82, 2.24) is 14.1 Å². The molecular formula is C38H40N6O3S. The van der Waals surface area contributed by atoms with Crippen molar-refractivity contribution < 1.29 is 8.76 Å². The normalized spacial score (nSPS) is 12.6. The molecule has 0 aliphatic carbocycles. The Morgan fingerprint density at radius 2 is 1.60 bits per heavy atom. The van der Waals surface area contributed by atoms with Crippen LogP contribution in [-0.4, -0.2) is 34.3 Å². The van der Waals surface area contributed by atoms with Crippen molar-refractivity contribution in [2.75, 3.05) is 4.31 Å². The number of imidazole rings is 1. The van der Waals surface area contributed by atoms with E-state index >= 15 is 0 Å². The monoisotopic (exact) mass is 660 g/mol. The maximum absolute atomic E-state index is 14.2. The van der Waals surface area contributed by atoms with Gasteiger partial charge in [0.05, 0.1) is 17.7 Å². The summed E-state index contributed by atoms with van der Waals surface area (Å²) in [7, 11) is 0. The van der Waals surface area contributed by atoms with Crippen LogP contribution < -0.4 is 15.6 Å². The van der Waals surface area contributed by atoms with Crippen LogP contribution in [0.3, 0.4) is 0 Å². The van der Waals surface area contributed by atoms with Crippen molar-refractivity contribution >= 4 is 44.6 Å². The van der Waals surface area contributed by atoms with E-state index in [2.05, 4.69) is 26.0 Å². The van der Waals surface area contributed by atoms with Crippen LogP contribution in [0.4, 0.5) is 5.69 Å². The molecule has 1 unspecified atom stereocenters. The molecule has 2 heterocycles. The van der Waals surface area contributed by atoms with Gasteiger partial charge in [0, 0.05) is 29.8 Å². The molecule has 0 bridgehead atoms. The molecular weight excluding hydrogens is 621 g/mol. The van der Waals surface area contributed by atoms with Crippen molar-refractivity contribution in [3.63, 3.8) is 0 Å². The van der Waals surface area contributed by atoms with Crippen molar-refractivity contribution in [1.29, 1.82) is 5.41 Å². The van der Waals surface area contributed by atoms with Gasteiger partial charge in [0.2, 0.25) is 0 Å². The topological polar surface area (TPSA) is 130 Å². The number of anilines is 1. The molecule has 0 amide bonds. The Hall–Kier alpha value is -5.06. The minimum Gasteiger partial charge on any atom is -0.384 e. The summed E-state index contributed by atoms with van der Waals surface area (Å²) >= 11 is -2.18. The average Bonchev–Trinajstić information content (AvgIpc) is 3.40. The number of fused-ring (bicyclic) bond motifs is 2. The smallest absolute Gasteiger partial charge is 0.277 e. The van der Waals surface area contributed by atoms with Crippen molar-refractivity contribution in [2.45, 2.75) is 59.2 Å². The number of aromatic nitrogens is 3. The highest BCUT2D eigenvalue weighted by Gasteiger charge is 2.27. The summed E-state index contributed by atoms with van der Waals surface area (Å²) in [4.78, 5) is 19.0. The van der Waals surface area contributed by atoms with Crippen molar-refractivity contribution in [3.05, 3.63) is 130 Å². The first-order valence-electron chi connectivity index (χ1n) is 15.9. The van der Waals surface area contributed by atoms with Gasteiger partial charge in [-0.25, -0.2) is 9.19 Å². The summed E-state index contributed by atoms with van der Waals surface area (Å²) < 4.78 is 27.5. The number of pyridine rings is 1. The van der Waals surface area contributed by atoms with Gasteiger partial charge in [-0.3, -0.25) is 19.1 Å². The average molecular weight is 661 g/mol. The molecule has 6 aromatic rings. The number of hydrogen-bond acceptors (Lipinski definition) is 4. The SMILES string of the molecule is CC(C)c1nc2ccn(Cc3cccc(-c4cccc(N(S(=O)O)C(C)(C)C)c4)c3)c(=O)c2n1Cc1ccc2ccc(C(=N)N)cc2c1. The van der Waals surface area contributed by atoms with E-state index in [1.54, 1.807) is 10.8 Å². The Morgan fingerprint density at radius 1 is 0.917 bits per heavy atom. The summed E-state index contributed by atoms with van der Waals surface area (Å²) in [6, 6.07) is 29.4. The van der Waals surface area contributed by atoms with E-state index in [0.717, 1.165) is 38.9 Å². The predicted molar refractivity (Wildman–Crippen MR) is 196 cm³/mol. The zero-order valence-corrected chi connectivity index (χ0v) is 28.6. The van der Waals surface area contributed by atoms with Gasteiger partial charge in [0.1, 0.15) is 17.2 Å². The molecule has 246 valence electrons.